The van der Waals surface area contributed by atoms with Crippen LogP contribution in [0, 0.1) is 0 Å². The van der Waals surface area contributed by atoms with Gasteiger partial charge in [-0.1, -0.05) is 152 Å². The molecule has 0 aliphatic carbocycles. The van der Waals surface area contributed by atoms with E-state index < -0.39 is 0 Å². The minimum Gasteiger partial charge on any atom is -0.256 e. The molecule has 55 heavy (non-hydrogen) atoms. The third-order valence-corrected chi connectivity index (χ3v) is 11.4. The summed E-state index contributed by atoms with van der Waals surface area (Å²) in [6.07, 6.45) is 1.84. The molecule has 0 saturated carbocycles. The van der Waals surface area contributed by atoms with E-state index >= 15 is 0 Å². The average molecular weight is 720 g/mol. The molecule has 0 atom stereocenters. The van der Waals surface area contributed by atoms with E-state index in [9.17, 15) is 0 Å². The van der Waals surface area contributed by atoms with Crippen LogP contribution in [0.15, 0.2) is 200 Å². The van der Waals surface area contributed by atoms with Gasteiger partial charge in [-0.3, -0.25) is 4.98 Å². The Kier molecular flexibility index (Phi) is 8.36. The van der Waals surface area contributed by atoms with E-state index in [1.165, 1.54) is 36.9 Å². The van der Waals surface area contributed by atoms with E-state index in [2.05, 4.69) is 158 Å². The zero-order chi connectivity index (χ0) is 36.6. The fourth-order valence-corrected chi connectivity index (χ4v) is 8.70. The fraction of sp³-hybridized carbons (Fsp3) is 0. The molecule has 258 valence electrons. The van der Waals surface area contributed by atoms with Gasteiger partial charge >= 0.3 is 0 Å². The smallest absolute Gasteiger partial charge is 0.160 e. The molecule has 3 heterocycles. The summed E-state index contributed by atoms with van der Waals surface area (Å²) in [5.74, 6) is 0.676. The number of fused-ring (bicyclic) bond motifs is 3. The zero-order valence-corrected chi connectivity index (χ0v) is 30.6. The first-order valence-electron chi connectivity index (χ1n) is 18.4. The van der Waals surface area contributed by atoms with Crippen molar-refractivity contribution in [3.63, 3.8) is 0 Å². The highest BCUT2D eigenvalue weighted by Gasteiger charge is 2.18. The van der Waals surface area contributed by atoms with Crippen LogP contribution >= 0.6 is 11.3 Å². The Labute approximate surface area is 323 Å². The SMILES string of the molecule is c1ccc(-c2ccc(-c3cc(-c4cc(-c5ccccc5-c5ccccn5)nc(-c5ccccc5)n4)cc(-c4cccc5c4sc4ccccc45)c3)cc2)cc1. The van der Waals surface area contributed by atoms with Crippen LogP contribution in [0.4, 0.5) is 0 Å². The van der Waals surface area contributed by atoms with Gasteiger partial charge in [0, 0.05) is 48.6 Å². The second kappa shape index (κ2) is 14.1. The topological polar surface area (TPSA) is 38.7 Å². The Morgan fingerprint density at radius 2 is 0.891 bits per heavy atom. The van der Waals surface area contributed by atoms with Crippen molar-refractivity contribution in [2.24, 2.45) is 0 Å². The van der Waals surface area contributed by atoms with Gasteiger partial charge in [0.05, 0.1) is 17.1 Å². The lowest BCUT2D eigenvalue weighted by Crippen LogP contribution is -1.98. The van der Waals surface area contributed by atoms with Crippen molar-refractivity contribution in [1.82, 2.24) is 15.0 Å². The minimum atomic E-state index is 0.676. The molecule has 0 amide bonds. The normalized spacial score (nSPS) is 11.3. The van der Waals surface area contributed by atoms with Crippen LogP contribution in [0.25, 0.3) is 98.7 Å². The first-order chi connectivity index (χ1) is 27.2. The number of benzene rings is 7. The summed E-state index contributed by atoms with van der Waals surface area (Å²) in [6.45, 7) is 0. The molecule has 3 nitrogen and oxygen atoms in total. The average Bonchev–Trinajstić information content (AvgIpc) is 3.66. The van der Waals surface area contributed by atoms with Gasteiger partial charge in [0.25, 0.3) is 0 Å². The summed E-state index contributed by atoms with van der Waals surface area (Å²) < 4.78 is 2.57. The predicted molar refractivity (Wildman–Crippen MR) is 231 cm³/mol. The van der Waals surface area contributed by atoms with Crippen LogP contribution in [-0.4, -0.2) is 15.0 Å². The Morgan fingerprint density at radius 1 is 0.327 bits per heavy atom. The maximum atomic E-state index is 5.30. The van der Waals surface area contributed by atoms with E-state index in [1.807, 2.05) is 53.9 Å². The molecule has 7 aromatic carbocycles. The summed E-state index contributed by atoms with van der Waals surface area (Å²) in [5, 5.41) is 2.57. The third-order valence-electron chi connectivity index (χ3n) is 10.2. The number of thiophene rings is 1. The summed E-state index contributed by atoms with van der Waals surface area (Å²) in [5.41, 5.74) is 13.6. The van der Waals surface area contributed by atoms with Gasteiger partial charge in [-0.05, 0) is 75.8 Å². The van der Waals surface area contributed by atoms with Crippen LogP contribution in [0.2, 0.25) is 0 Å². The zero-order valence-electron chi connectivity index (χ0n) is 29.8. The van der Waals surface area contributed by atoms with Gasteiger partial charge in [-0.15, -0.1) is 11.3 Å². The van der Waals surface area contributed by atoms with E-state index in [0.717, 1.165) is 56.0 Å². The second-order valence-corrected chi connectivity index (χ2v) is 14.7. The summed E-state index contributed by atoms with van der Waals surface area (Å²) >= 11 is 1.85. The summed E-state index contributed by atoms with van der Waals surface area (Å²) in [7, 11) is 0. The highest BCUT2D eigenvalue weighted by atomic mass is 32.1. The minimum absolute atomic E-state index is 0.676. The molecular formula is C51H33N3S. The Bertz CT molecular complexity index is 2950. The fourth-order valence-electron chi connectivity index (χ4n) is 7.46. The van der Waals surface area contributed by atoms with Crippen molar-refractivity contribution in [2.45, 2.75) is 0 Å². The predicted octanol–water partition coefficient (Wildman–Crippen LogP) is 13.9. The molecule has 0 bridgehead atoms. The first-order valence-corrected chi connectivity index (χ1v) is 19.2. The molecule has 0 aliphatic rings. The van der Waals surface area contributed by atoms with Crippen molar-refractivity contribution in [2.75, 3.05) is 0 Å². The maximum Gasteiger partial charge on any atom is 0.160 e. The molecule has 0 unspecified atom stereocenters. The summed E-state index contributed by atoms with van der Waals surface area (Å²) in [4.78, 5) is 15.2. The molecule has 10 rings (SSSR count). The molecule has 0 fully saturated rings. The molecule has 3 aromatic heterocycles. The molecule has 10 aromatic rings. The van der Waals surface area contributed by atoms with Crippen molar-refractivity contribution in [3.8, 4) is 78.5 Å². The van der Waals surface area contributed by atoms with Crippen molar-refractivity contribution < 1.29 is 0 Å². The number of nitrogens with zero attached hydrogens (tertiary/aromatic N) is 3. The van der Waals surface area contributed by atoms with Crippen molar-refractivity contribution in [1.29, 1.82) is 0 Å². The lowest BCUT2D eigenvalue weighted by molar-refractivity contribution is 1.18. The standard InChI is InChI=1S/C51H33N3S/c1-3-14-34(15-4-1)35-25-27-36(28-26-35)38-30-39(41-21-13-22-45-44-20-9-10-24-49(44)55-50(41)45)32-40(31-38)47-33-48(54-51(53-47)37-16-5-2-6-17-37)43-19-8-7-18-42(43)46-23-11-12-29-52-46/h1-33H. The Balaban J connectivity index is 1.20. The van der Waals surface area contributed by atoms with Crippen LogP contribution in [0.5, 0.6) is 0 Å². The van der Waals surface area contributed by atoms with Gasteiger partial charge in [-0.25, -0.2) is 9.97 Å². The van der Waals surface area contributed by atoms with Crippen molar-refractivity contribution >= 4 is 31.5 Å². The second-order valence-electron chi connectivity index (χ2n) is 13.6. The molecule has 0 aliphatic heterocycles. The van der Waals surface area contributed by atoms with Crippen LogP contribution < -0.4 is 0 Å². The van der Waals surface area contributed by atoms with E-state index in [-0.39, 0.29) is 0 Å². The number of aromatic nitrogens is 3. The quantitative estimate of drug-likeness (QED) is 0.165. The lowest BCUT2D eigenvalue weighted by Gasteiger charge is -2.15. The van der Waals surface area contributed by atoms with Gasteiger partial charge in [0.15, 0.2) is 5.82 Å². The van der Waals surface area contributed by atoms with Crippen LogP contribution in [0.1, 0.15) is 0 Å². The number of rotatable bonds is 7. The van der Waals surface area contributed by atoms with E-state index in [1.54, 1.807) is 0 Å². The molecule has 0 spiro atoms. The van der Waals surface area contributed by atoms with Crippen molar-refractivity contribution in [3.05, 3.63) is 200 Å². The highest BCUT2D eigenvalue weighted by Crippen LogP contribution is 2.42. The molecule has 4 heteroatoms. The largest absolute Gasteiger partial charge is 0.256 e. The number of hydrogen-bond acceptors (Lipinski definition) is 4. The molecule has 0 radical (unpaired) electrons. The lowest BCUT2D eigenvalue weighted by atomic mass is 9.92. The van der Waals surface area contributed by atoms with E-state index in [0.29, 0.717) is 5.82 Å². The van der Waals surface area contributed by atoms with Gasteiger partial charge in [-0.2, -0.15) is 0 Å². The maximum absolute atomic E-state index is 5.30. The van der Waals surface area contributed by atoms with Gasteiger partial charge in [0.1, 0.15) is 0 Å². The van der Waals surface area contributed by atoms with Gasteiger partial charge < -0.3 is 0 Å². The molecule has 0 N–H and O–H groups in total. The van der Waals surface area contributed by atoms with Crippen LogP contribution in [-0.2, 0) is 0 Å². The highest BCUT2D eigenvalue weighted by molar-refractivity contribution is 7.26. The summed E-state index contributed by atoms with van der Waals surface area (Å²) in [6, 6.07) is 68.5. The Morgan fingerprint density at radius 3 is 1.65 bits per heavy atom. The number of hydrogen-bond donors (Lipinski definition) is 0. The first kappa shape index (κ1) is 32.6. The van der Waals surface area contributed by atoms with E-state index in [4.69, 9.17) is 15.0 Å². The number of pyridine rings is 1. The monoisotopic (exact) mass is 719 g/mol. The third kappa shape index (κ3) is 6.29. The Hall–Kier alpha value is -7.01. The van der Waals surface area contributed by atoms with Crippen LogP contribution in [0.3, 0.4) is 0 Å². The molecule has 0 saturated heterocycles. The van der Waals surface area contributed by atoms with Gasteiger partial charge in [0.2, 0.25) is 0 Å². The molecular weight excluding hydrogens is 687 g/mol.